The third kappa shape index (κ3) is 5.28. The van der Waals surface area contributed by atoms with Gasteiger partial charge in [-0.15, -0.1) is 12.4 Å². The lowest BCUT2D eigenvalue weighted by atomic mass is 10.2. The molecular formula is C13H24ClN3O2S. The highest BCUT2D eigenvalue weighted by Crippen LogP contribution is 2.22. The first kappa shape index (κ1) is 19.2. The van der Waals surface area contributed by atoms with E-state index in [-0.39, 0.29) is 12.4 Å². The Morgan fingerprint density at radius 1 is 1.20 bits per heavy atom. The summed E-state index contributed by atoms with van der Waals surface area (Å²) < 4.78 is 26.8. The van der Waals surface area contributed by atoms with Crippen LogP contribution >= 0.6 is 12.4 Å². The van der Waals surface area contributed by atoms with Gasteiger partial charge in [-0.3, -0.25) is 0 Å². The van der Waals surface area contributed by atoms with Crippen molar-refractivity contribution < 1.29 is 8.42 Å². The molecule has 1 aromatic rings. The van der Waals surface area contributed by atoms with Crippen LogP contribution in [-0.2, 0) is 10.0 Å². The molecule has 0 aliphatic carbocycles. The Bertz CT molecular complexity index is 518. The van der Waals surface area contributed by atoms with Gasteiger partial charge in [-0.1, -0.05) is 13.0 Å². The number of anilines is 1. The van der Waals surface area contributed by atoms with Crippen molar-refractivity contribution in [1.82, 2.24) is 10.0 Å². The summed E-state index contributed by atoms with van der Waals surface area (Å²) in [7, 11) is 0.370. The maximum Gasteiger partial charge on any atom is 0.240 e. The molecule has 0 heterocycles. The van der Waals surface area contributed by atoms with E-state index in [1.807, 2.05) is 38.9 Å². The van der Waals surface area contributed by atoms with Gasteiger partial charge < -0.3 is 10.2 Å². The van der Waals surface area contributed by atoms with Crippen molar-refractivity contribution in [3.8, 4) is 0 Å². The third-order valence-corrected chi connectivity index (χ3v) is 4.28. The molecule has 0 spiro atoms. The monoisotopic (exact) mass is 321 g/mol. The second-order valence-electron chi connectivity index (χ2n) is 4.59. The van der Waals surface area contributed by atoms with Crippen molar-refractivity contribution in [3.05, 3.63) is 23.8 Å². The molecule has 0 aliphatic heterocycles. The molecular weight excluding hydrogens is 298 g/mol. The molecule has 0 saturated heterocycles. The molecule has 0 atom stereocenters. The van der Waals surface area contributed by atoms with Gasteiger partial charge in [-0.05, 0) is 31.2 Å². The van der Waals surface area contributed by atoms with Gasteiger partial charge in [-0.25, -0.2) is 13.1 Å². The highest BCUT2D eigenvalue weighted by molar-refractivity contribution is 7.89. The van der Waals surface area contributed by atoms with Gasteiger partial charge in [0.25, 0.3) is 0 Å². The van der Waals surface area contributed by atoms with Crippen LogP contribution in [0.15, 0.2) is 23.1 Å². The van der Waals surface area contributed by atoms with Crippen LogP contribution in [0.5, 0.6) is 0 Å². The zero-order valence-electron chi connectivity index (χ0n) is 12.4. The number of sulfonamides is 1. The smallest absolute Gasteiger partial charge is 0.240 e. The predicted molar refractivity (Wildman–Crippen MR) is 86.5 cm³/mol. The van der Waals surface area contributed by atoms with E-state index in [0.717, 1.165) is 17.8 Å². The van der Waals surface area contributed by atoms with E-state index in [2.05, 4.69) is 10.0 Å². The number of benzene rings is 1. The summed E-state index contributed by atoms with van der Waals surface area (Å²) in [5.41, 5.74) is 1.96. The molecule has 0 bridgehead atoms. The van der Waals surface area contributed by atoms with Crippen LogP contribution in [0, 0.1) is 6.92 Å². The lowest BCUT2D eigenvalue weighted by Crippen LogP contribution is -2.31. The first-order chi connectivity index (χ1) is 8.88. The second kappa shape index (κ2) is 8.46. The van der Waals surface area contributed by atoms with E-state index in [4.69, 9.17) is 0 Å². The summed E-state index contributed by atoms with van der Waals surface area (Å²) in [4.78, 5) is 2.21. The molecule has 0 aliphatic rings. The molecule has 2 N–H and O–H groups in total. The fraction of sp³-hybridized carbons (Fsp3) is 0.538. The summed E-state index contributed by atoms with van der Waals surface area (Å²) in [6.45, 7) is 5.79. The Hall–Kier alpha value is -0.820. The van der Waals surface area contributed by atoms with Crippen LogP contribution in [0.1, 0.15) is 12.5 Å². The maximum absolute atomic E-state index is 12.1. The number of aryl methyl sites for hydroxylation is 1. The van der Waals surface area contributed by atoms with E-state index < -0.39 is 10.0 Å². The van der Waals surface area contributed by atoms with Gasteiger partial charge in [0.15, 0.2) is 0 Å². The first-order valence-corrected chi connectivity index (χ1v) is 7.85. The molecule has 0 radical (unpaired) electrons. The Balaban J connectivity index is 0.00000361. The Morgan fingerprint density at radius 3 is 2.40 bits per heavy atom. The zero-order valence-corrected chi connectivity index (χ0v) is 14.1. The third-order valence-electron chi connectivity index (χ3n) is 2.82. The van der Waals surface area contributed by atoms with Gasteiger partial charge in [0.05, 0.1) is 4.90 Å². The van der Waals surface area contributed by atoms with Crippen molar-refractivity contribution in [1.29, 1.82) is 0 Å². The summed E-state index contributed by atoms with van der Waals surface area (Å²) in [5.74, 6) is 0. The molecule has 20 heavy (non-hydrogen) atoms. The van der Waals surface area contributed by atoms with Gasteiger partial charge in [0.1, 0.15) is 0 Å². The van der Waals surface area contributed by atoms with Crippen molar-refractivity contribution in [3.63, 3.8) is 0 Å². The summed E-state index contributed by atoms with van der Waals surface area (Å²) in [5, 5.41) is 3.08. The van der Waals surface area contributed by atoms with E-state index in [1.165, 1.54) is 0 Å². The van der Waals surface area contributed by atoms with Crippen molar-refractivity contribution in [2.75, 3.05) is 38.6 Å². The maximum atomic E-state index is 12.1. The Morgan fingerprint density at radius 2 is 1.85 bits per heavy atom. The fourth-order valence-electron chi connectivity index (χ4n) is 1.77. The quantitative estimate of drug-likeness (QED) is 0.745. The summed E-state index contributed by atoms with van der Waals surface area (Å²) in [6.07, 6.45) is 0. The van der Waals surface area contributed by atoms with Crippen molar-refractivity contribution in [2.24, 2.45) is 0 Å². The number of halogens is 1. The topological polar surface area (TPSA) is 61.4 Å². The van der Waals surface area contributed by atoms with Gasteiger partial charge in [0, 0.05) is 32.9 Å². The predicted octanol–water partition coefficient (Wildman–Crippen LogP) is 1.37. The van der Waals surface area contributed by atoms with Gasteiger partial charge in [-0.2, -0.15) is 0 Å². The molecule has 5 nitrogen and oxygen atoms in total. The number of hydrogen-bond acceptors (Lipinski definition) is 4. The van der Waals surface area contributed by atoms with Gasteiger partial charge in [0.2, 0.25) is 10.0 Å². The minimum atomic E-state index is -3.43. The largest absolute Gasteiger partial charge is 0.377 e. The molecule has 1 rings (SSSR count). The molecule has 0 amide bonds. The van der Waals surface area contributed by atoms with Crippen molar-refractivity contribution in [2.45, 2.75) is 18.7 Å². The van der Waals surface area contributed by atoms with Crippen LogP contribution in [0.25, 0.3) is 0 Å². The standard InChI is InChI=1S/C13H23N3O2S.ClH/c1-5-14-8-9-15-19(17,18)12-7-6-11(2)13(10-12)16(3)4;/h6-7,10,14-15H,5,8-9H2,1-4H3;1H. The minimum absolute atomic E-state index is 0. The normalized spacial score (nSPS) is 11.0. The van der Waals surface area contributed by atoms with E-state index in [9.17, 15) is 8.42 Å². The van der Waals surface area contributed by atoms with Crippen LogP contribution in [-0.4, -0.2) is 42.1 Å². The van der Waals surface area contributed by atoms with Crippen LogP contribution < -0.4 is 14.9 Å². The number of rotatable bonds is 7. The highest BCUT2D eigenvalue weighted by atomic mass is 35.5. The average molecular weight is 322 g/mol. The lowest BCUT2D eigenvalue weighted by molar-refractivity contribution is 0.577. The lowest BCUT2D eigenvalue weighted by Gasteiger charge is -2.17. The average Bonchev–Trinajstić information content (AvgIpc) is 2.34. The summed E-state index contributed by atoms with van der Waals surface area (Å²) >= 11 is 0. The Kier molecular flexibility index (Phi) is 8.12. The van der Waals surface area contributed by atoms with Gasteiger partial charge >= 0.3 is 0 Å². The van der Waals surface area contributed by atoms with E-state index in [0.29, 0.717) is 18.0 Å². The molecule has 116 valence electrons. The van der Waals surface area contributed by atoms with E-state index >= 15 is 0 Å². The number of nitrogens with one attached hydrogen (secondary N) is 2. The molecule has 0 saturated carbocycles. The number of hydrogen-bond donors (Lipinski definition) is 2. The molecule has 7 heteroatoms. The minimum Gasteiger partial charge on any atom is -0.377 e. The number of likely N-dealkylation sites (N-methyl/N-ethyl adjacent to an activating group) is 1. The molecule has 0 unspecified atom stereocenters. The second-order valence-corrected chi connectivity index (χ2v) is 6.36. The SMILES string of the molecule is CCNCCNS(=O)(=O)c1ccc(C)c(N(C)C)c1.Cl. The Labute approximate surface area is 128 Å². The molecule has 1 aromatic carbocycles. The zero-order chi connectivity index (χ0) is 14.5. The van der Waals surface area contributed by atoms with Crippen LogP contribution in [0.4, 0.5) is 5.69 Å². The van der Waals surface area contributed by atoms with Crippen molar-refractivity contribution >= 4 is 28.1 Å². The fourth-order valence-corrected chi connectivity index (χ4v) is 2.82. The highest BCUT2D eigenvalue weighted by Gasteiger charge is 2.15. The van der Waals surface area contributed by atoms with E-state index in [1.54, 1.807) is 12.1 Å². The van der Waals surface area contributed by atoms with Crippen LogP contribution in [0.2, 0.25) is 0 Å². The number of nitrogens with zero attached hydrogens (tertiary/aromatic N) is 1. The first-order valence-electron chi connectivity index (χ1n) is 6.37. The summed E-state index contributed by atoms with van der Waals surface area (Å²) in [6, 6.07) is 5.16. The van der Waals surface area contributed by atoms with Crippen LogP contribution in [0.3, 0.4) is 0 Å². The molecule has 0 fully saturated rings. The molecule has 0 aromatic heterocycles.